The summed E-state index contributed by atoms with van der Waals surface area (Å²) in [5.74, 6) is 1.06. The maximum absolute atomic E-state index is 9.59. The number of aromatic hydroxyl groups is 1. The quantitative estimate of drug-likeness (QED) is 0.629. The van der Waals surface area contributed by atoms with Crippen molar-refractivity contribution in [2.45, 2.75) is 32.7 Å². The number of para-hydroxylation sites is 1. The van der Waals surface area contributed by atoms with Crippen LogP contribution in [0.3, 0.4) is 0 Å². The van der Waals surface area contributed by atoms with Crippen molar-refractivity contribution in [3.05, 3.63) is 59.1 Å². The van der Waals surface area contributed by atoms with Crippen LogP contribution in [0, 0.1) is 5.41 Å². The van der Waals surface area contributed by atoms with Gasteiger partial charge in [0, 0.05) is 13.2 Å². The summed E-state index contributed by atoms with van der Waals surface area (Å²) in [6.45, 7) is 7.21. The molecule has 0 radical (unpaired) electrons. The summed E-state index contributed by atoms with van der Waals surface area (Å²) in [7, 11) is 0. The predicted octanol–water partition coefficient (Wildman–Crippen LogP) is 5.13. The van der Waals surface area contributed by atoms with Crippen LogP contribution in [-0.4, -0.2) is 42.9 Å². The fraction of sp³-hybridized carbons (Fsp3) is 0.478. The Bertz CT molecular complexity index is 730. The molecule has 2 aromatic rings. The highest BCUT2D eigenvalue weighted by atomic mass is 35.5. The van der Waals surface area contributed by atoms with Crippen LogP contribution in [0.15, 0.2) is 48.5 Å². The van der Waals surface area contributed by atoms with Crippen molar-refractivity contribution in [3.8, 4) is 11.5 Å². The molecule has 152 valence electrons. The molecule has 0 unspecified atom stereocenters. The minimum Gasteiger partial charge on any atom is -0.506 e. The molecule has 1 fully saturated rings. The normalized spacial score (nSPS) is 16.8. The van der Waals surface area contributed by atoms with Crippen LogP contribution < -0.4 is 4.74 Å². The van der Waals surface area contributed by atoms with Crippen molar-refractivity contribution < 1.29 is 14.6 Å². The molecule has 0 aromatic heterocycles. The summed E-state index contributed by atoms with van der Waals surface area (Å²) in [4.78, 5) is 2.45. The topological polar surface area (TPSA) is 41.9 Å². The largest absolute Gasteiger partial charge is 0.506 e. The van der Waals surface area contributed by atoms with E-state index in [9.17, 15) is 5.11 Å². The third-order valence-electron chi connectivity index (χ3n) is 5.59. The van der Waals surface area contributed by atoms with Crippen molar-refractivity contribution in [1.82, 2.24) is 4.90 Å². The number of phenolic OH excluding ortho intramolecular Hbond substituents is 1. The molecule has 1 aliphatic rings. The molecule has 0 bridgehead atoms. The third kappa shape index (κ3) is 5.87. The van der Waals surface area contributed by atoms with Gasteiger partial charge in [-0.2, -0.15) is 0 Å². The lowest BCUT2D eigenvalue weighted by molar-refractivity contribution is -0.00951. The van der Waals surface area contributed by atoms with E-state index >= 15 is 0 Å². The molecule has 4 nitrogen and oxygen atoms in total. The average molecular weight is 404 g/mol. The molecular weight excluding hydrogens is 374 g/mol. The molecule has 1 N–H and O–H groups in total. The zero-order valence-electron chi connectivity index (χ0n) is 16.6. The Morgan fingerprint density at radius 2 is 1.86 bits per heavy atom. The summed E-state index contributed by atoms with van der Waals surface area (Å²) < 4.78 is 11.8. The Labute approximate surface area is 173 Å². The van der Waals surface area contributed by atoms with Gasteiger partial charge in [0.2, 0.25) is 0 Å². The zero-order chi connectivity index (χ0) is 19.8. The number of rotatable bonds is 9. The third-order valence-corrected chi connectivity index (χ3v) is 5.89. The highest BCUT2D eigenvalue weighted by molar-refractivity contribution is 6.32. The van der Waals surface area contributed by atoms with Crippen molar-refractivity contribution in [3.63, 3.8) is 0 Å². The molecule has 0 atom stereocenters. The average Bonchev–Trinajstić information content (AvgIpc) is 2.72. The molecule has 28 heavy (non-hydrogen) atoms. The SMILES string of the molecule is CCOCC1(CCOc2ccccc2)CCN(Cc2ccc(O)c(Cl)c2)CC1. The van der Waals surface area contributed by atoms with E-state index in [-0.39, 0.29) is 11.2 Å². The first-order valence-electron chi connectivity index (χ1n) is 10.1. The van der Waals surface area contributed by atoms with Crippen molar-refractivity contribution in [2.75, 3.05) is 32.9 Å². The van der Waals surface area contributed by atoms with Crippen LogP contribution in [-0.2, 0) is 11.3 Å². The zero-order valence-corrected chi connectivity index (χ0v) is 17.3. The maximum Gasteiger partial charge on any atom is 0.134 e. The minimum absolute atomic E-state index is 0.137. The van der Waals surface area contributed by atoms with E-state index in [4.69, 9.17) is 21.1 Å². The number of hydrogen-bond acceptors (Lipinski definition) is 4. The Morgan fingerprint density at radius 3 is 2.54 bits per heavy atom. The lowest BCUT2D eigenvalue weighted by Crippen LogP contribution is -2.43. The highest BCUT2D eigenvalue weighted by Gasteiger charge is 2.34. The van der Waals surface area contributed by atoms with Gasteiger partial charge in [0.15, 0.2) is 0 Å². The molecular formula is C23H30ClNO3. The van der Waals surface area contributed by atoms with Crippen molar-refractivity contribution in [1.29, 1.82) is 0 Å². The molecule has 3 rings (SSSR count). The number of piperidine rings is 1. The van der Waals surface area contributed by atoms with E-state index in [0.29, 0.717) is 11.6 Å². The molecule has 1 saturated heterocycles. The van der Waals surface area contributed by atoms with Gasteiger partial charge in [-0.1, -0.05) is 35.9 Å². The second-order valence-corrected chi connectivity index (χ2v) is 8.02. The molecule has 0 amide bonds. The standard InChI is InChI=1S/C23H30ClNO3/c1-2-27-18-23(12-15-28-20-6-4-3-5-7-20)10-13-25(14-11-23)17-19-8-9-22(26)21(24)16-19/h3-9,16,26H,2,10-15,17-18H2,1H3. The first kappa shape index (κ1) is 21.0. The first-order valence-corrected chi connectivity index (χ1v) is 10.4. The Morgan fingerprint density at radius 1 is 1.11 bits per heavy atom. The van der Waals surface area contributed by atoms with Gasteiger partial charge >= 0.3 is 0 Å². The van der Waals surface area contributed by atoms with Gasteiger partial charge in [0.25, 0.3) is 0 Å². The van der Waals surface area contributed by atoms with Gasteiger partial charge < -0.3 is 14.6 Å². The second-order valence-electron chi connectivity index (χ2n) is 7.61. The molecule has 0 spiro atoms. The van der Waals surface area contributed by atoms with Gasteiger partial charge in [-0.3, -0.25) is 4.90 Å². The van der Waals surface area contributed by atoms with Gasteiger partial charge in [-0.25, -0.2) is 0 Å². The van der Waals surface area contributed by atoms with Gasteiger partial charge in [0.05, 0.1) is 18.2 Å². The Hall–Kier alpha value is -1.75. The fourth-order valence-electron chi connectivity index (χ4n) is 3.78. The van der Waals surface area contributed by atoms with Gasteiger partial charge in [0.1, 0.15) is 11.5 Å². The smallest absolute Gasteiger partial charge is 0.134 e. The lowest BCUT2D eigenvalue weighted by atomic mass is 9.76. The number of likely N-dealkylation sites (tertiary alicyclic amines) is 1. The van der Waals surface area contributed by atoms with Crippen LogP contribution in [0.1, 0.15) is 31.7 Å². The van der Waals surface area contributed by atoms with Crippen LogP contribution in [0.25, 0.3) is 0 Å². The van der Waals surface area contributed by atoms with Crippen LogP contribution in [0.5, 0.6) is 11.5 Å². The molecule has 1 heterocycles. The van der Waals surface area contributed by atoms with Crippen LogP contribution >= 0.6 is 11.6 Å². The summed E-state index contributed by atoms with van der Waals surface area (Å²) in [6.07, 6.45) is 3.19. The van der Waals surface area contributed by atoms with Crippen molar-refractivity contribution >= 4 is 11.6 Å². The maximum atomic E-state index is 9.59. The number of halogens is 1. The second kappa shape index (κ2) is 10.1. The fourth-order valence-corrected chi connectivity index (χ4v) is 3.98. The summed E-state index contributed by atoms with van der Waals surface area (Å²) in [5, 5.41) is 10.0. The van der Waals surface area contributed by atoms with E-state index in [1.807, 2.05) is 42.5 Å². The molecule has 2 aromatic carbocycles. The van der Waals surface area contributed by atoms with Gasteiger partial charge in [-0.15, -0.1) is 0 Å². The summed E-state index contributed by atoms with van der Waals surface area (Å²) in [6, 6.07) is 15.5. The number of ether oxygens (including phenoxy) is 2. The first-order chi connectivity index (χ1) is 13.6. The van der Waals surface area contributed by atoms with Gasteiger partial charge in [-0.05, 0) is 74.5 Å². The molecule has 1 aliphatic heterocycles. The summed E-state index contributed by atoms with van der Waals surface area (Å²) >= 11 is 6.04. The van der Waals surface area contributed by atoms with E-state index in [2.05, 4.69) is 11.8 Å². The van der Waals surface area contributed by atoms with Crippen LogP contribution in [0.4, 0.5) is 0 Å². The number of nitrogens with zero attached hydrogens (tertiary/aromatic N) is 1. The number of benzene rings is 2. The van der Waals surface area contributed by atoms with E-state index < -0.39 is 0 Å². The highest BCUT2D eigenvalue weighted by Crippen LogP contribution is 2.36. The molecule has 0 saturated carbocycles. The number of phenols is 1. The Balaban J connectivity index is 1.53. The number of hydrogen-bond donors (Lipinski definition) is 1. The summed E-state index contributed by atoms with van der Waals surface area (Å²) in [5.41, 5.74) is 1.31. The van der Waals surface area contributed by atoms with E-state index in [1.54, 1.807) is 6.07 Å². The lowest BCUT2D eigenvalue weighted by Gasteiger charge is -2.41. The minimum atomic E-state index is 0.137. The van der Waals surface area contributed by atoms with Crippen LogP contribution in [0.2, 0.25) is 5.02 Å². The Kier molecular flexibility index (Phi) is 7.60. The van der Waals surface area contributed by atoms with Crippen molar-refractivity contribution in [2.24, 2.45) is 5.41 Å². The van der Waals surface area contributed by atoms with E-state index in [0.717, 1.165) is 63.4 Å². The van der Waals surface area contributed by atoms with E-state index in [1.165, 1.54) is 0 Å². The monoisotopic (exact) mass is 403 g/mol. The predicted molar refractivity (Wildman–Crippen MR) is 113 cm³/mol. The molecule has 0 aliphatic carbocycles. The molecule has 5 heteroatoms.